The van der Waals surface area contributed by atoms with Crippen molar-refractivity contribution in [2.45, 2.75) is 37.8 Å². The fourth-order valence-corrected chi connectivity index (χ4v) is 2.66. The van der Waals surface area contributed by atoms with Crippen LogP contribution in [0.5, 0.6) is 0 Å². The molecule has 1 aliphatic heterocycles. The van der Waals surface area contributed by atoms with Crippen LogP contribution < -0.4 is 0 Å². The Labute approximate surface area is 116 Å². The Morgan fingerprint density at radius 1 is 1.20 bits per heavy atom. The molecular weight excluding hydrogens is 267 g/mol. The number of likely N-dealkylation sites (tertiary alicyclic amines) is 1. The van der Waals surface area contributed by atoms with Crippen LogP contribution in [0.1, 0.15) is 31.7 Å². The van der Waals surface area contributed by atoms with Crippen molar-refractivity contribution in [2.75, 3.05) is 13.1 Å². The molecule has 1 heterocycles. The molecule has 1 saturated heterocycles. The predicted molar refractivity (Wildman–Crippen MR) is 70.3 cm³/mol. The molecule has 0 aromatic heterocycles. The molecule has 110 valence electrons. The number of hydrogen-bond acceptors (Lipinski definition) is 1. The lowest BCUT2D eigenvalue weighted by Gasteiger charge is -2.40. The Balaban J connectivity index is 1.97. The first kappa shape index (κ1) is 14.9. The van der Waals surface area contributed by atoms with Crippen molar-refractivity contribution in [3.05, 3.63) is 35.9 Å². The summed E-state index contributed by atoms with van der Waals surface area (Å²) in [6, 6.07) is 9.93. The fraction of sp³-hybridized carbons (Fsp3) is 0.533. The molecule has 1 aliphatic rings. The van der Waals surface area contributed by atoms with Crippen LogP contribution in [-0.4, -0.2) is 30.1 Å². The van der Waals surface area contributed by atoms with Gasteiger partial charge in [-0.25, -0.2) is 0 Å². The van der Waals surface area contributed by atoms with Gasteiger partial charge in [-0.05, 0) is 23.8 Å². The molecule has 1 fully saturated rings. The van der Waals surface area contributed by atoms with Gasteiger partial charge in [-0.3, -0.25) is 4.79 Å². The Kier molecular flexibility index (Phi) is 4.06. The van der Waals surface area contributed by atoms with Crippen LogP contribution in [0.2, 0.25) is 0 Å². The summed E-state index contributed by atoms with van der Waals surface area (Å²) in [7, 11) is 0. The lowest BCUT2D eigenvalue weighted by Crippen LogP contribution is -2.44. The average Bonchev–Trinajstić information content (AvgIpc) is 2.38. The highest BCUT2D eigenvalue weighted by molar-refractivity contribution is 5.77. The Bertz CT molecular complexity index is 462. The molecular formula is C15H18F3NO. The van der Waals surface area contributed by atoms with E-state index in [1.54, 1.807) is 0 Å². The normalized spacial score (nSPS) is 18.9. The Morgan fingerprint density at radius 3 is 2.25 bits per heavy atom. The van der Waals surface area contributed by atoms with Crippen molar-refractivity contribution in [1.29, 1.82) is 0 Å². The largest absolute Gasteiger partial charge is 0.397 e. The smallest absolute Gasteiger partial charge is 0.342 e. The van der Waals surface area contributed by atoms with Crippen molar-refractivity contribution in [3.8, 4) is 0 Å². The number of hydrogen-bond donors (Lipinski definition) is 0. The third-order valence-electron chi connectivity index (χ3n) is 4.04. The van der Waals surface area contributed by atoms with Gasteiger partial charge >= 0.3 is 6.18 Å². The van der Waals surface area contributed by atoms with Crippen LogP contribution in [0.3, 0.4) is 0 Å². The van der Waals surface area contributed by atoms with Gasteiger partial charge in [0.1, 0.15) is 6.42 Å². The zero-order valence-corrected chi connectivity index (χ0v) is 11.4. The van der Waals surface area contributed by atoms with E-state index in [2.05, 4.69) is 6.92 Å². The molecule has 2 rings (SSSR count). The van der Waals surface area contributed by atoms with Crippen molar-refractivity contribution >= 4 is 5.91 Å². The van der Waals surface area contributed by atoms with E-state index in [4.69, 9.17) is 0 Å². The number of piperidine rings is 1. The number of carbonyl (C=O) groups is 1. The molecule has 0 atom stereocenters. The summed E-state index contributed by atoms with van der Waals surface area (Å²) in [6.07, 6.45) is -4.38. The molecule has 0 bridgehead atoms. The van der Waals surface area contributed by atoms with Gasteiger partial charge < -0.3 is 4.90 Å². The second kappa shape index (κ2) is 5.46. The van der Waals surface area contributed by atoms with E-state index < -0.39 is 18.5 Å². The van der Waals surface area contributed by atoms with Gasteiger partial charge in [-0.1, -0.05) is 37.3 Å². The van der Waals surface area contributed by atoms with Crippen LogP contribution >= 0.6 is 0 Å². The maximum Gasteiger partial charge on any atom is 0.397 e. The minimum absolute atomic E-state index is 0.0593. The van der Waals surface area contributed by atoms with Gasteiger partial charge in [0.15, 0.2) is 0 Å². The minimum Gasteiger partial charge on any atom is -0.342 e. The van der Waals surface area contributed by atoms with Crippen molar-refractivity contribution in [2.24, 2.45) is 0 Å². The second-order valence-corrected chi connectivity index (χ2v) is 5.60. The third kappa shape index (κ3) is 3.52. The summed E-state index contributed by atoms with van der Waals surface area (Å²) in [5.74, 6) is -0.812. The van der Waals surface area contributed by atoms with Gasteiger partial charge in [-0.15, -0.1) is 0 Å². The first-order valence-corrected chi connectivity index (χ1v) is 6.70. The van der Waals surface area contributed by atoms with Crippen LogP contribution in [-0.2, 0) is 10.2 Å². The molecule has 1 aromatic carbocycles. The molecule has 0 unspecified atom stereocenters. The number of halogens is 3. The van der Waals surface area contributed by atoms with Crippen molar-refractivity contribution < 1.29 is 18.0 Å². The summed E-state index contributed by atoms with van der Waals surface area (Å²) >= 11 is 0. The van der Waals surface area contributed by atoms with Gasteiger partial charge in [0.2, 0.25) is 5.91 Å². The van der Waals surface area contributed by atoms with Crippen LogP contribution in [0.4, 0.5) is 13.2 Å². The highest BCUT2D eigenvalue weighted by atomic mass is 19.4. The summed E-state index contributed by atoms with van der Waals surface area (Å²) in [6.45, 7) is 2.88. The standard InChI is InChI=1S/C15H18F3NO/c1-14(12-5-3-2-4-6-12)7-9-19(10-8-14)13(20)11-15(16,17)18/h2-6H,7-11H2,1H3. The zero-order valence-electron chi connectivity index (χ0n) is 11.4. The quantitative estimate of drug-likeness (QED) is 0.814. The van der Waals surface area contributed by atoms with Gasteiger partial charge in [0.25, 0.3) is 0 Å². The van der Waals surface area contributed by atoms with Crippen LogP contribution in [0.15, 0.2) is 30.3 Å². The highest BCUT2D eigenvalue weighted by Crippen LogP contribution is 2.35. The predicted octanol–water partition coefficient (Wildman–Crippen LogP) is 3.52. The van der Waals surface area contributed by atoms with E-state index in [1.165, 1.54) is 10.5 Å². The van der Waals surface area contributed by atoms with E-state index in [0.717, 1.165) is 0 Å². The number of rotatable bonds is 2. The average molecular weight is 285 g/mol. The third-order valence-corrected chi connectivity index (χ3v) is 4.04. The monoisotopic (exact) mass is 285 g/mol. The number of nitrogens with zero attached hydrogens (tertiary/aromatic N) is 1. The fourth-order valence-electron chi connectivity index (χ4n) is 2.66. The number of alkyl halides is 3. The Morgan fingerprint density at radius 2 is 1.75 bits per heavy atom. The molecule has 0 spiro atoms. The summed E-state index contributed by atoms with van der Waals surface area (Å²) in [5.41, 5.74) is 1.12. The molecule has 1 amide bonds. The second-order valence-electron chi connectivity index (χ2n) is 5.60. The first-order chi connectivity index (χ1) is 9.30. The maximum absolute atomic E-state index is 12.2. The molecule has 2 nitrogen and oxygen atoms in total. The lowest BCUT2D eigenvalue weighted by atomic mass is 9.74. The molecule has 0 radical (unpaired) electrons. The minimum atomic E-state index is -4.42. The molecule has 20 heavy (non-hydrogen) atoms. The van der Waals surface area contributed by atoms with Gasteiger partial charge in [-0.2, -0.15) is 13.2 Å². The molecule has 0 N–H and O–H groups in total. The van der Waals surface area contributed by atoms with E-state index >= 15 is 0 Å². The van der Waals surface area contributed by atoms with Gasteiger partial charge in [0.05, 0.1) is 0 Å². The summed E-state index contributed by atoms with van der Waals surface area (Å²) in [5, 5.41) is 0. The Hall–Kier alpha value is -1.52. The summed E-state index contributed by atoms with van der Waals surface area (Å²) in [4.78, 5) is 12.9. The molecule has 1 aromatic rings. The molecule has 0 saturated carbocycles. The SMILES string of the molecule is CC1(c2ccccc2)CCN(C(=O)CC(F)(F)F)CC1. The van der Waals surface area contributed by atoms with Gasteiger partial charge in [0, 0.05) is 13.1 Å². The highest BCUT2D eigenvalue weighted by Gasteiger charge is 2.37. The molecule has 5 heteroatoms. The maximum atomic E-state index is 12.2. The van der Waals surface area contributed by atoms with Crippen molar-refractivity contribution in [3.63, 3.8) is 0 Å². The first-order valence-electron chi connectivity index (χ1n) is 6.70. The van der Waals surface area contributed by atoms with E-state index in [1.807, 2.05) is 30.3 Å². The van der Waals surface area contributed by atoms with E-state index in [0.29, 0.717) is 25.9 Å². The number of carbonyl (C=O) groups excluding carboxylic acids is 1. The molecule has 0 aliphatic carbocycles. The summed E-state index contributed by atoms with van der Waals surface area (Å²) < 4.78 is 36.7. The number of amides is 1. The van der Waals surface area contributed by atoms with Crippen LogP contribution in [0.25, 0.3) is 0 Å². The van der Waals surface area contributed by atoms with E-state index in [-0.39, 0.29) is 5.41 Å². The van der Waals surface area contributed by atoms with Crippen LogP contribution in [0, 0.1) is 0 Å². The lowest BCUT2D eigenvalue weighted by molar-refractivity contribution is -0.162. The number of benzene rings is 1. The van der Waals surface area contributed by atoms with Crippen molar-refractivity contribution in [1.82, 2.24) is 4.90 Å². The topological polar surface area (TPSA) is 20.3 Å². The van der Waals surface area contributed by atoms with E-state index in [9.17, 15) is 18.0 Å². The zero-order chi connectivity index (χ0) is 14.8.